The van der Waals surface area contributed by atoms with Crippen LogP contribution in [0.2, 0.25) is 0 Å². The Morgan fingerprint density at radius 3 is 2.61 bits per heavy atom. The van der Waals surface area contributed by atoms with Gasteiger partial charge in [0, 0.05) is 6.54 Å². The van der Waals surface area contributed by atoms with Crippen molar-refractivity contribution < 1.29 is 15.0 Å². The van der Waals surface area contributed by atoms with Gasteiger partial charge in [0.2, 0.25) is 0 Å². The lowest BCUT2D eigenvalue weighted by Crippen LogP contribution is -2.43. The Kier molecular flexibility index (Phi) is 3.99. The quantitative estimate of drug-likeness (QED) is 0.843. The zero-order valence-electron chi connectivity index (χ0n) is 10.5. The van der Waals surface area contributed by atoms with Crippen molar-refractivity contribution in [3.8, 4) is 0 Å². The van der Waals surface area contributed by atoms with Gasteiger partial charge >= 0.3 is 0 Å². The van der Waals surface area contributed by atoms with Crippen LogP contribution < -0.4 is 0 Å². The lowest BCUT2D eigenvalue weighted by Gasteiger charge is -2.28. The van der Waals surface area contributed by atoms with E-state index in [4.69, 9.17) is 0 Å². The minimum atomic E-state index is -1.32. The van der Waals surface area contributed by atoms with Gasteiger partial charge in [-0.3, -0.25) is 4.79 Å². The van der Waals surface area contributed by atoms with Crippen molar-refractivity contribution in [3.05, 3.63) is 35.9 Å². The number of rotatable bonds is 3. The van der Waals surface area contributed by atoms with Crippen LogP contribution in [-0.4, -0.2) is 39.8 Å². The predicted octanol–water partition coefficient (Wildman–Crippen LogP) is 1.09. The average molecular weight is 249 g/mol. The summed E-state index contributed by atoms with van der Waals surface area (Å²) in [5.74, 6) is -0.378. The third kappa shape index (κ3) is 2.54. The van der Waals surface area contributed by atoms with Crippen molar-refractivity contribution >= 4 is 5.91 Å². The Hall–Kier alpha value is -1.39. The van der Waals surface area contributed by atoms with Crippen LogP contribution in [0.15, 0.2) is 30.3 Å². The second-order valence-corrected chi connectivity index (χ2v) is 4.79. The third-order valence-corrected chi connectivity index (χ3v) is 3.43. The van der Waals surface area contributed by atoms with Gasteiger partial charge in [0.1, 0.15) is 0 Å². The summed E-state index contributed by atoms with van der Waals surface area (Å²) >= 11 is 0. The number of benzene rings is 1. The Bertz CT molecular complexity index is 405. The van der Waals surface area contributed by atoms with Crippen LogP contribution in [0.3, 0.4) is 0 Å². The van der Waals surface area contributed by atoms with Gasteiger partial charge in [-0.25, -0.2) is 0 Å². The number of carbonyl (C=O) groups excluding carboxylic acids is 1. The first-order valence-electron chi connectivity index (χ1n) is 6.33. The minimum absolute atomic E-state index is 0.0205. The fraction of sp³-hybridized carbons (Fsp3) is 0.500. The molecular formula is C14H19NO3. The summed E-state index contributed by atoms with van der Waals surface area (Å²) in [5.41, 5.74) is 1.08. The molecule has 1 saturated heterocycles. The van der Waals surface area contributed by atoms with E-state index in [1.54, 1.807) is 4.90 Å². The SMILES string of the molecule is CC(O)C(O)C(=O)N1CCCC1c1ccccc1. The number of likely N-dealkylation sites (tertiary alicyclic amines) is 1. The van der Waals surface area contributed by atoms with Gasteiger partial charge in [-0.15, -0.1) is 0 Å². The number of nitrogens with zero attached hydrogens (tertiary/aromatic N) is 1. The molecule has 0 aliphatic carbocycles. The van der Waals surface area contributed by atoms with Gasteiger partial charge in [0.25, 0.3) is 5.91 Å². The molecule has 1 aromatic rings. The fourth-order valence-corrected chi connectivity index (χ4v) is 2.43. The number of aliphatic hydroxyl groups excluding tert-OH is 2. The second-order valence-electron chi connectivity index (χ2n) is 4.79. The van der Waals surface area contributed by atoms with E-state index >= 15 is 0 Å². The Morgan fingerprint density at radius 1 is 1.33 bits per heavy atom. The van der Waals surface area contributed by atoms with Crippen LogP contribution in [0.25, 0.3) is 0 Å². The normalized spacial score (nSPS) is 22.8. The smallest absolute Gasteiger partial charge is 0.254 e. The van der Waals surface area contributed by atoms with E-state index in [1.165, 1.54) is 6.92 Å². The van der Waals surface area contributed by atoms with Gasteiger partial charge in [-0.05, 0) is 25.3 Å². The van der Waals surface area contributed by atoms with E-state index in [-0.39, 0.29) is 11.9 Å². The molecule has 18 heavy (non-hydrogen) atoms. The molecule has 1 fully saturated rings. The first-order chi connectivity index (χ1) is 8.61. The van der Waals surface area contributed by atoms with Gasteiger partial charge in [0.05, 0.1) is 12.1 Å². The monoisotopic (exact) mass is 249 g/mol. The topological polar surface area (TPSA) is 60.8 Å². The summed E-state index contributed by atoms with van der Waals surface area (Å²) in [6.07, 6.45) is -0.524. The van der Waals surface area contributed by atoms with E-state index in [0.717, 1.165) is 18.4 Å². The first-order valence-corrected chi connectivity index (χ1v) is 6.33. The summed E-state index contributed by atoms with van der Waals surface area (Å²) in [7, 11) is 0. The number of amides is 1. The van der Waals surface area contributed by atoms with Crippen molar-refractivity contribution in [3.63, 3.8) is 0 Å². The Morgan fingerprint density at radius 2 is 2.00 bits per heavy atom. The van der Waals surface area contributed by atoms with Gasteiger partial charge in [-0.2, -0.15) is 0 Å². The van der Waals surface area contributed by atoms with Crippen LogP contribution in [0.1, 0.15) is 31.4 Å². The third-order valence-electron chi connectivity index (χ3n) is 3.43. The molecule has 1 aliphatic heterocycles. The Labute approximate surface area is 107 Å². The highest BCUT2D eigenvalue weighted by Crippen LogP contribution is 2.32. The minimum Gasteiger partial charge on any atom is -0.390 e. The molecule has 0 aromatic heterocycles. The molecule has 2 N–H and O–H groups in total. The number of hydrogen-bond donors (Lipinski definition) is 2. The maximum absolute atomic E-state index is 12.1. The summed E-state index contributed by atoms with van der Waals surface area (Å²) in [6.45, 7) is 2.07. The molecule has 0 radical (unpaired) electrons. The largest absolute Gasteiger partial charge is 0.390 e. The van der Waals surface area contributed by atoms with Crippen molar-refractivity contribution in [2.45, 2.75) is 38.0 Å². The van der Waals surface area contributed by atoms with Crippen LogP contribution in [-0.2, 0) is 4.79 Å². The highest BCUT2D eigenvalue weighted by atomic mass is 16.3. The number of hydrogen-bond acceptors (Lipinski definition) is 3. The van der Waals surface area contributed by atoms with E-state index in [0.29, 0.717) is 6.54 Å². The van der Waals surface area contributed by atoms with Crippen LogP contribution >= 0.6 is 0 Å². The lowest BCUT2D eigenvalue weighted by molar-refractivity contribution is -0.146. The van der Waals surface area contributed by atoms with Crippen LogP contribution in [0.4, 0.5) is 0 Å². The van der Waals surface area contributed by atoms with Crippen molar-refractivity contribution in [2.24, 2.45) is 0 Å². The molecular weight excluding hydrogens is 230 g/mol. The molecule has 2 rings (SSSR count). The summed E-state index contributed by atoms with van der Waals surface area (Å²) in [6, 6.07) is 9.83. The van der Waals surface area contributed by atoms with Gasteiger partial charge in [0.15, 0.2) is 6.10 Å². The highest BCUT2D eigenvalue weighted by molar-refractivity contribution is 5.82. The van der Waals surface area contributed by atoms with E-state index in [1.807, 2.05) is 30.3 Å². The first kappa shape index (κ1) is 13.1. The molecule has 0 spiro atoms. The van der Waals surface area contributed by atoms with Crippen molar-refractivity contribution in [1.82, 2.24) is 4.90 Å². The predicted molar refractivity (Wildman–Crippen MR) is 67.8 cm³/mol. The molecule has 1 amide bonds. The second kappa shape index (κ2) is 5.50. The van der Waals surface area contributed by atoms with Crippen molar-refractivity contribution in [1.29, 1.82) is 0 Å². The molecule has 98 valence electrons. The van der Waals surface area contributed by atoms with E-state index < -0.39 is 12.2 Å². The molecule has 0 saturated carbocycles. The lowest BCUT2D eigenvalue weighted by atomic mass is 10.0. The number of aliphatic hydroxyl groups is 2. The molecule has 1 heterocycles. The molecule has 4 heteroatoms. The summed E-state index contributed by atoms with van der Waals surface area (Å²) < 4.78 is 0. The van der Waals surface area contributed by atoms with E-state index in [2.05, 4.69) is 0 Å². The molecule has 1 aromatic carbocycles. The van der Waals surface area contributed by atoms with Crippen LogP contribution in [0, 0.1) is 0 Å². The highest BCUT2D eigenvalue weighted by Gasteiger charge is 2.34. The molecule has 4 nitrogen and oxygen atoms in total. The Balaban J connectivity index is 2.15. The van der Waals surface area contributed by atoms with E-state index in [9.17, 15) is 15.0 Å². The standard InChI is InChI=1S/C14H19NO3/c1-10(16)13(17)14(18)15-9-5-8-12(15)11-6-3-2-4-7-11/h2-4,6-7,10,12-13,16-17H,5,8-9H2,1H3. The maximum atomic E-state index is 12.1. The molecule has 0 bridgehead atoms. The average Bonchev–Trinajstić information content (AvgIpc) is 2.87. The fourth-order valence-electron chi connectivity index (χ4n) is 2.43. The molecule has 3 unspecified atom stereocenters. The van der Waals surface area contributed by atoms with Crippen LogP contribution in [0.5, 0.6) is 0 Å². The summed E-state index contributed by atoms with van der Waals surface area (Å²) in [5, 5.41) is 19.0. The number of carbonyl (C=O) groups is 1. The molecule has 3 atom stereocenters. The zero-order valence-corrected chi connectivity index (χ0v) is 10.5. The van der Waals surface area contributed by atoms with Gasteiger partial charge < -0.3 is 15.1 Å². The maximum Gasteiger partial charge on any atom is 0.254 e. The zero-order chi connectivity index (χ0) is 13.1. The van der Waals surface area contributed by atoms with Crippen molar-refractivity contribution in [2.75, 3.05) is 6.54 Å². The summed E-state index contributed by atoms with van der Waals surface area (Å²) in [4.78, 5) is 13.8. The molecule has 1 aliphatic rings. The van der Waals surface area contributed by atoms with Gasteiger partial charge in [-0.1, -0.05) is 30.3 Å².